The Balaban J connectivity index is 3.01. The third-order valence-corrected chi connectivity index (χ3v) is 1.32. The molecule has 0 amide bonds. The summed E-state index contributed by atoms with van der Waals surface area (Å²) in [4.78, 5) is 9.50. The van der Waals surface area contributed by atoms with Crippen LogP contribution in [0.4, 0.5) is 5.88 Å². The van der Waals surface area contributed by atoms with Crippen molar-refractivity contribution in [1.82, 2.24) is 0 Å². The lowest BCUT2D eigenvalue weighted by atomic mass is 10.3. The van der Waals surface area contributed by atoms with Crippen molar-refractivity contribution in [3.05, 3.63) is 33.6 Å². The quantitative estimate of drug-likeness (QED) is 0.399. The fraction of sp³-hybridized carbons (Fsp3) is 0. The fourth-order valence-electron chi connectivity index (χ4n) is 0.750. The molecule has 0 saturated carbocycles. The summed E-state index contributed by atoms with van der Waals surface area (Å²) in [7, 11) is 0. The Bertz CT molecular complexity index is 457. The molecular weight excluding hydrogens is 186 g/mol. The van der Waals surface area contributed by atoms with Crippen LogP contribution in [0.25, 0.3) is 6.08 Å². The molecule has 0 unspecified atom stereocenters. The van der Waals surface area contributed by atoms with Crippen molar-refractivity contribution < 1.29 is 9.34 Å². The molecule has 0 bridgehead atoms. The highest BCUT2D eigenvalue weighted by atomic mass is 16.6. The van der Waals surface area contributed by atoms with Gasteiger partial charge in [-0.2, -0.15) is 10.5 Å². The number of rotatable bonds is 2. The summed E-state index contributed by atoms with van der Waals surface area (Å²) in [6, 6.07) is 5.68. The normalized spacial score (nSPS) is 8.43. The predicted octanol–water partition coefficient (Wildman–Crippen LogP) is 1.62. The molecule has 0 aliphatic carbocycles. The molecule has 0 N–H and O–H groups in total. The van der Waals surface area contributed by atoms with Crippen LogP contribution in [0.5, 0.6) is 0 Å². The minimum Gasteiger partial charge on any atom is -0.401 e. The lowest BCUT2D eigenvalue weighted by Crippen LogP contribution is -1.82. The molecule has 0 aromatic carbocycles. The predicted molar refractivity (Wildman–Crippen MR) is 44.6 cm³/mol. The SMILES string of the molecule is N#CC(C#N)=Cc1ccc([N+](=O)[O-])o1. The van der Waals surface area contributed by atoms with E-state index in [0.717, 1.165) is 12.1 Å². The van der Waals surface area contributed by atoms with Crippen molar-refractivity contribution in [3.8, 4) is 12.1 Å². The van der Waals surface area contributed by atoms with E-state index in [-0.39, 0.29) is 11.3 Å². The van der Waals surface area contributed by atoms with Crippen LogP contribution in [-0.4, -0.2) is 4.92 Å². The highest BCUT2D eigenvalue weighted by Crippen LogP contribution is 2.17. The second kappa shape index (κ2) is 3.87. The van der Waals surface area contributed by atoms with Crippen LogP contribution in [0.2, 0.25) is 0 Å². The monoisotopic (exact) mass is 189 g/mol. The first-order valence-corrected chi connectivity index (χ1v) is 3.43. The number of allylic oxidation sites excluding steroid dienone is 1. The van der Waals surface area contributed by atoms with Crippen molar-refractivity contribution in [1.29, 1.82) is 10.5 Å². The highest BCUT2D eigenvalue weighted by molar-refractivity contribution is 5.59. The molecule has 0 radical (unpaired) electrons. The fourth-order valence-corrected chi connectivity index (χ4v) is 0.750. The lowest BCUT2D eigenvalue weighted by Gasteiger charge is -1.83. The summed E-state index contributed by atoms with van der Waals surface area (Å²) in [5.74, 6) is -0.318. The van der Waals surface area contributed by atoms with E-state index in [1.54, 1.807) is 12.1 Å². The molecule has 0 atom stereocenters. The van der Waals surface area contributed by atoms with Crippen LogP contribution >= 0.6 is 0 Å². The summed E-state index contributed by atoms with van der Waals surface area (Å²) < 4.78 is 4.70. The minimum atomic E-state index is -0.699. The maximum absolute atomic E-state index is 10.2. The first-order chi connectivity index (χ1) is 6.67. The molecule has 1 heterocycles. The summed E-state index contributed by atoms with van der Waals surface area (Å²) in [6.45, 7) is 0. The van der Waals surface area contributed by atoms with Gasteiger partial charge in [-0.1, -0.05) is 0 Å². The van der Waals surface area contributed by atoms with Gasteiger partial charge in [0.05, 0.1) is 6.07 Å². The van der Waals surface area contributed by atoms with Crippen LogP contribution in [0.3, 0.4) is 0 Å². The molecule has 1 aromatic rings. The second-order valence-corrected chi connectivity index (χ2v) is 2.21. The second-order valence-electron chi connectivity index (χ2n) is 2.21. The molecule has 14 heavy (non-hydrogen) atoms. The molecule has 0 fully saturated rings. The van der Waals surface area contributed by atoms with Crippen molar-refractivity contribution in [2.24, 2.45) is 0 Å². The molecular formula is C8H3N3O3. The molecule has 6 heteroatoms. The summed E-state index contributed by atoms with van der Waals surface area (Å²) >= 11 is 0. The van der Waals surface area contributed by atoms with Crippen molar-refractivity contribution >= 4 is 12.0 Å². The number of hydrogen-bond donors (Lipinski definition) is 0. The number of nitrogens with zero attached hydrogens (tertiary/aromatic N) is 3. The summed E-state index contributed by atoms with van der Waals surface area (Å²) in [5.41, 5.74) is -0.172. The third-order valence-electron chi connectivity index (χ3n) is 1.32. The van der Waals surface area contributed by atoms with E-state index in [4.69, 9.17) is 14.9 Å². The van der Waals surface area contributed by atoms with E-state index < -0.39 is 10.8 Å². The minimum absolute atomic E-state index is 0.106. The molecule has 0 saturated heterocycles. The zero-order valence-electron chi connectivity index (χ0n) is 6.80. The highest BCUT2D eigenvalue weighted by Gasteiger charge is 2.10. The van der Waals surface area contributed by atoms with Crippen molar-refractivity contribution in [2.45, 2.75) is 0 Å². The van der Waals surface area contributed by atoms with Crippen molar-refractivity contribution in [3.63, 3.8) is 0 Å². The first kappa shape index (κ1) is 9.49. The van der Waals surface area contributed by atoms with Gasteiger partial charge in [0.1, 0.15) is 28.4 Å². The Kier molecular flexibility index (Phi) is 2.63. The Morgan fingerprint density at radius 3 is 2.57 bits per heavy atom. The largest absolute Gasteiger partial charge is 0.433 e. The lowest BCUT2D eigenvalue weighted by molar-refractivity contribution is -0.402. The molecule has 0 aliphatic rings. The molecule has 1 rings (SSSR count). The van der Waals surface area contributed by atoms with E-state index in [1.807, 2.05) is 0 Å². The third kappa shape index (κ3) is 1.96. The topological polar surface area (TPSA) is 104 Å². The number of nitro groups is 1. The average Bonchev–Trinajstić information content (AvgIpc) is 2.62. The molecule has 0 spiro atoms. The van der Waals surface area contributed by atoms with Gasteiger partial charge in [-0.05, 0) is 6.07 Å². The molecule has 68 valence electrons. The van der Waals surface area contributed by atoms with Crippen LogP contribution in [-0.2, 0) is 0 Å². The Morgan fingerprint density at radius 2 is 2.14 bits per heavy atom. The van der Waals surface area contributed by atoms with Gasteiger partial charge >= 0.3 is 5.88 Å². The van der Waals surface area contributed by atoms with E-state index >= 15 is 0 Å². The zero-order chi connectivity index (χ0) is 10.6. The summed E-state index contributed by atoms with van der Waals surface area (Å²) in [5, 5.41) is 27.0. The van der Waals surface area contributed by atoms with Gasteiger partial charge in [0.15, 0.2) is 0 Å². The van der Waals surface area contributed by atoms with Crippen LogP contribution in [0, 0.1) is 32.8 Å². The zero-order valence-corrected chi connectivity index (χ0v) is 6.80. The smallest absolute Gasteiger partial charge is 0.401 e. The van der Waals surface area contributed by atoms with Gasteiger partial charge in [0, 0.05) is 6.08 Å². The van der Waals surface area contributed by atoms with E-state index in [2.05, 4.69) is 0 Å². The van der Waals surface area contributed by atoms with Gasteiger partial charge in [0.2, 0.25) is 0 Å². The molecule has 0 aliphatic heterocycles. The van der Waals surface area contributed by atoms with E-state index in [1.165, 1.54) is 6.07 Å². The number of hydrogen-bond acceptors (Lipinski definition) is 5. The van der Waals surface area contributed by atoms with Gasteiger partial charge in [-0.15, -0.1) is 0 Å². The maximum Gasteiger partial charge on any atom is 0.433 e. The first-order valence-electron chi connectivity index (χ1n) is 3.43. The maximum atomic E-state index is 10.2. The average molecular weight is 189 g/mol. The van der Waals surface area contributed by atoms with E-state index in [0.29, 0.717) is 0 Å². The van der Waals surface area contributed by atoms with Crippen LogP contribution in [0.1, 0.15) is 5.76 Å². The van der Waals surface area contributed by atoms with Gasteiger partial charge in [-0.25, -0.2) is 0 Å². The van der Waals surface area contributed by atoms with Gasteiger partial charge < -0.3 is 4.42 Å². The van der Waals surface area contributed by atoms with Gasteiger partial charge in [-0.3, -0.25) is 10.1 Å². The summed E-state index contributed by atoms with van der Waals surface area (Å²) in [6.07, 6.45) is 1.13. The standard InChI is InChI=1S/C8H3N3O3/c9-4-6(5-10)3-7-1-2-8(14-7)11(12)13/h1-3H. The van der Waals surface area contributed by atoms with Crippen LogP contribution in [0.15, 0.2) is 22.1 Å². The Labute approximate surface area is 78.4 Å². The number of furan rings is 1. The molecule has 1 aromatic heterocycles. The van der Waals surface area contributed by atoms with Crippen molar-refractivity contribution in [2.75, 3.05) is 0 Å². The van der Waals surface area contributed by atoms with Crippen LogP contribution < -0.4 is 0 Å². The van der Waals surface area contributed by atoms with Gasteiger partial charge in [0.25, 0.3) is 0 Å². The number of nitriles is 2. The molecule has 6 nitrogen and oxygen atoms in total. The van der Waals surface area contributed by atoms with E-state index in [9.17, 15) is 10.1 Å². The Morgan fingerprint density at radius 1 is 1.50 bits per heavy atom. The Hall–Kier alpha value is -2.60.